The highest BCUT2D eigenvalue weighted by atomic mass is 35.5. The van der Waals surface area contributed by atoms with Crippen molar-refractivity contribution in [1.29, 1.82) is 0 Å². The van der Waals surface area contributed by atoms with Gasteiger partial charge in [0.2, 0.25) is 5.91 Å². The number of halogens is 3. The molecule has 0 unspecified atom stereocenters. The second-order valence-corrected chi connectivity index (χ2v) is 5.90. The summed E-state index contributed by atoms with van der Waals surface area (Å²) in [5.74, 6) is -0.171. The molecule has 7 heteroatoms. The predicted molar refractivity (Wildman–Crippen MR) is 111 cm³/mol. The Hall–Kier alpha value is -1.30. The highest BCUT2D eigenvalue weighted by Gasteiger charge is 2.13. The van der Waals surface area contributed by atoms with E-state index in [-0.39, 0.29) is 30.7 Å². The van der Waals surface area contributed by atoms with Gasteiger partial charge in [0.1, 0.15) is 0 Å². The molecular formula is C18H24Cl3N3O. The van der Waals surface area contributed by atoms with E-state index in [1.165, 1.54) is 0 Å². The van der Waals surface area contributed by atoms with E-state index in [0.29, 0.717) is 18.0 Å². The normalized spacial score (nSPS) is 11.0. The number of hydrogen-bond donors (Lipinski definition) is 3. The van der Waals surface area contributed by atoms with Gasteiger partial charge < -0.3 is 16.8 Å². The Morgan fingerprint density at radius 1 is 1.04 bits per heavy atom. The number of anilines is 1. The molecule has 5 N–H and O–H groups in total. The number of benzene rings is 2. The molecule has 2 rings (SSSR count). The fourth-order valence-electron chi connectivity index (χ4n) is 2.29. The molecular weight excluding hydrogens is 381 g/mol. The van der Waals surface area contributed by atoms with E-state index < -0.39 is 6.04 Å². The molecule has 0 saturated heterocycles. The van der Waals surface area contributed by atoms with Crippen LogP contribution in [0.3, 0.4) is 0 Å². The minimum atomic E-state index is -0.513. The van der Waals surface area contributed by atoms with Crippen LogP contribution in [0.2, 0.25) is 5.02 Å². The van der Waals surface area contributed by atoms with Crippen LogP contribution in [-0.2, 0) is 4.79 Å². The summed E-state index contributed by atoms with van der Waals surface area (Å²) in [6.07, 6.45) is 2.38. The quantitative estimate of drug-likeness (QED) is 0.603. The van der Waals surface area contributed by atoms with E-state index in [9.17, 15) is 4.79 Å². The van der Waals surface area contributed by atoms with Gasteiger partial charge in [0.05, 0.1) is 6.04 Å². The summed E-state index contributed by atoms with van der Waals surface area (Å²) in [7, 11) is 0. The minimum Gasteiger partial charge on any atom is -0.330 e. The molecule has 0 aliphatic carbocycles. The number of nitrogens with one attached hydrogen (secondary N) is 1. The number of rotatable bonds is 7. The zero-order valence-corrected chi connectivity index (χ0v) is 16.2. The van der Waals surface area contributed by atoms with Gasteiger partial charge in [-0.05, 0) is 54.8 Å². The van der Waals surface area contributed by atoms with Crippen molar-refractivity contribution in [3.63, 3.8) is 0 Å². The zero-order valence-electron chi connectivity index (χ0n) is 13.8. The van der Waals surface area contributed by atoms with Gasteiger partial charge in [-0.3, -0.25) is 4.79 Å². The lowest BCUT2D eigenvalue weighted by molar-refractivity contribution is -0.117. The number of carbonyl (C=O) groups excluding carboxylic acids is 1. The van der Waals surface area contributed by atoms with Crippen LogP contribution < -0.4 is 16.8 Å². The maximum atomic E-state index is 12.1. The first kappa shape index (κ1) is 23.7. The van der Waals surface area contributed by atoms with Gasteiger partial charge >= 0.3 is 0 Å². The van der Waals surface area contributed by atoms with E-state index in [1.54, 1.807) is 0 Å². The van der Waals surface area contributed by atoms with Gasteiger partial charge in [0.25, 0.3) is 0 Å². The number of nitrogens with two attached hydrogens (primary N) is 2. The summed E-state index contributed by atoms with van der Waals surface area (Å²) in [4.78, 5) is 12.1. The van der Waals surface area contributed by atoms with Crippen LogP contribution in [0.4, 0.5) is 5.69 Å². The van der Waals surface area contributed by atoms with Crippen molar-refractivity contribution < 1.29 is 4.79 Å². The SMILES string of the molecule is Cl.Cl.NCCCC[C@H](N)C(=O)Nc1cccc(-c2ccc(Cl)cc2)c1. The molecule has 0 aliphatic heterocycles. The van der Waals surface area contributed by atoms with Crippen LogP contribution in [0, 0.1) is 0 Å². The standard InChI is InChI=1S/C18H22ClN3O.2ClH/c19-15-9-7-13(8-10-15)14-4-3-5-16(12-14)22-18(23)17(21)6-1-2-11-20;;/h3-5,7-10,12,17H,1-2,6,11,20-21H2,(H,22,23);2*1H/t17-;;/m0../s1. The Balaban J connectivity index is 0.00000288. The van der Waals surface area contributed by atoms with Gasteiger partial charge in [0.15, 0.2) is 0 Å². The monoisotopic (exact) mass is 403 g/mol. The third-order valence-corrected chi connectivity index (χ3v) is 3.87. The van der Waals surface area contributed by atoms with Crippen molar-refractivity contribution >= 4 is 48.0 Å². The fourth-order valence-corrected chi connectivity index (χ4v) is 2.42. The highest BCUT2D eigenvalue weighted by Crippen LogP contribution is 2.24. The molecule has 0 saturated carbocycles. The molecule has 0 fully saturated rings. The van der Waals surface area contributed by atoms with Crippen molar-refractivity contribution in [1.82, 2.24) is 0 Å². The molecule has 2 aromatic rings. The zero-order chi connectivity index (χ0) is 16.7. The first-order valence-electron chi connectivity index (χ1n) is 7.72. The van der Waals surface area contributed by atoms with Crippen LogP contribution in [0.5, 0.6) is 0 Å². The second kappa shape index (κ2) is 12.1. The molecule has 0 aromatic heterocycles. The summed E-state index contributed by atoms with van der Waals surface area (Å²) < 4.78 is 0. The lowest BCUT2D eigenvalue weighted by Gasteiger charge is -2.13. The molecule has 138 valence electrons. The van der Waals surface area contributed by atoms with Crippen molar-refractivity contribution in [2.24, 2.45) is 11.5 Å². The summed E-state index contributed by atoms with van der Waals surface area (Å²) in [6, 6.07) is 14.7. The largest absolute Gasteiger partial charge is 0.330 e. The predicted octanol–water partition coefficient (Wildman–Crippen LogP) is 4.25. The van der Waals surface area contributed by atoms with E-state index in [4.69, 9.17) is 23.1 Å². The molecule has 0 aliphatic rings. The number of amides is 1. The Kier molecular flexibility index (Phi) is 11.5. The molecule has 0 radical (unpaired) electrons. The lowest BCUT2D eigenvalue weighted by Crippen LogP contribution is -2.35. The van der Waals surface area contributed by atoms with Crippen LogP contribution in [0.15, 0.2) is 48.5 Å². The summed E-state index contributed by atoms with van der Waals surface area (Å²) >= 11 is 5.91. The van der Waals surface area contributed by atoms with Gasteiger partial charge in [-0.25, -0.2) is 0 Å². The Bertz CT molecular complexity index is 650. The van der Waals surface area contributed by atoms with Crippen LogP contribution in [-0.4, -0.2) is 18.5 Å². The van der Waals surface area contributed by atoms with Crippen molar-refractivity contribution in [2.75, 3.05) is 11.9 Å². The van der Waals surface area contributed by atoms with Crippen LogP contribution in [0.25, 0.3) is 11.1 Å². The minimum absolute atomic E-state index is 0. The average Bonchev–Trinajstić information content (AvgIpc) is 2.56. The first-order valence-corrected chi connectivity index (χ1v) is 8.10. The van der Waals surface area contributed by atoms with E-state index in [0.717, 1.165) is 29.7 Å². The molecule has 25 heavy (non-hydrogen) atoms. The van der Waals surface area contributed by atoms with E-state index in [2.05, 4.69) is 5.32 Å². The van der Waals surface area contributed by atoms with Crippen molar-refractivity contribution in [3.05, 3.63) is 53.6 Å². The van der Waals surface area contributed by atoms with Gasteiger partial charge in [-0.2, -0.15) is 0 Å². The number of carbonyl (C=O) groups is 1. The Morgan fingerprint density at radius 3 is 2.36 bits per heavy atom. The van der Waals surface area contributed by atoms with Crippen molar-refractivity contribution in [2.45, 2.75) is 25.3 Å². The van der Waals surface area contributed by atoms with E-state index >= 15 is 0 Å². The third kappa shape index (κ3) is 7.63. The molecule has 2 aromatic carbocycles. The summed E-state index contributed by atoms with van der Waals surface area (Å²) in [6.45, 7) is 0.622. The van der Waals surface area contributed by atoms with Gasteiger partial charge in [-0.1, -0.05) is 42.3 Å². The topological polar surface area (TPSA) is 81.1 Å². The van der Waals surface area contributed by atoms with Crippen LogP contribution in [0.1, 0.15) is 19.3 Å². The molecule has 1 atom stereocenters. The number of unbranched alkanes of at least 4 members (excludes halogenated alkanes) is 1. The number of hydrogen-bond acceptors (Lipinski definition) is 3. The van der Waals surface area contributed by atoms with E-state index in [1.807, 2.05) is 48.5 Å². The van der Waals surface area contributed by atoms with Gasteiger partial charge in [0, 0.05) is 10.7 Å². The molecule has 0 heterocycles. The summed E-state index contributed by atoms with van der Waals surface area (Å²) in [5, 5.41) is 3.56. The molecule has 0 bridgehead atoms. The second-order valence-electron chi connectivity index (χ2n) is 5.47. The maximum Gasteiger partial charge on any atom is 0.241 e. The molecule has 4 nitrogen and oxygen atoms in total. The summed E-state index contributed by atoms with van der Waals surface area (Å²) in [5.41, 5.74) is 14.1. The Labute approximate surface area is 166 Å². The Morgan fingerprint density at radius 2 is 1.72 bits per heavy atom. The molecule has 0 spiro atoms. The molecule has 1 amide bonds. The van der Waals surface area contributed by atoms with Crippen molar-refractivity contribution in [3.8, 4) is 11.1 Å². The smallest absolute Gasteiger partial charge is 0.241 e. The lowest BCUT2D eigenvalue weighted by atomic mass is 10.0. The fraction of sp³-hybridized carbons (Fsp3) is 0.278. The van der Waals surface area contributed by atoms with Crippen LogP contribution >= 0.6 is 36.4 Å². The highest BCUT2D eigenvalue weighted by molar-refractivity contribution is 6.30. The first-order chi connectivity index (χ1) is 11.1. The maximum absolute atomic E-state index is 12.1. The third-order valence-electron chi connectivity index (χ3n) is 3.61. The average molecular weight is 405 g/mol. The van der Waals surface area contributed by atoms with Gasteiger partial charge in [-0.15, -0.1) is 24.8 Å².